The van der Waals surface area contributed by atoms with Crippen LogP contribution < -0.4 is 10.6 Å². The second kappa shape index (κ2) is 6.22. The highest BCUT2D eigenvalue weighted by molar-refractivity contribution is 9.10. The Morgan fingerprint density at radius 2 is 1.85 bits per heavy atom. The quantitative estimate of drug-likeness (QED) is 0.863. The Hall–Kier alpha value is -2.32. The van der Waals surface area contributed by atoms with Gasteiger partial charge in [0.2, 0.25) is 0 Å². The maximum atomic E-state index is 11.9. The smallest absolute Gasteiger partial charge is 0.308 e. The van der Waals surface area contributed by atoms with Crippen LogP contribution in [0.25, 0.3) is 0 Å². The number of nitriles is 1. The van der Waals surface area contributed by atoms with Crippen LogP contribution in [0.2, 0.25) is 0 Å². The summed E-state index contributed by atoms with van der Waals surface area (Å²) in [6.45, 7) is 1.97. The average Bonchev–Trinajstić information content (AvgIpc) is 2.43. The third-order valence-electron chi connectivity index (χ3n) is 2.68. The Morgan fingerprint density at radius 1 is 1.15 bits per heavy atom. The lowest BCUT2D eigenvalue weighted by atomic mass is 10.2. The third-order valence-corrected chi connectivity index (χ3v) is 3.53. The van der Waals surface area contributed by atoms with E-state index in [1.165, 1.54) is 0 Å². The molecule has 0 spiro atoms. The molecule has 0 aliphatic rings. The number of nitrogens with zero attached hydrogens (tertiary/aromatic N) is 1. The number of rotatable bonds is 2. The van der Waals surface area contributed by atoms with Crippen LogP contribution in [0, 0.1) is 18.3 Å². The largest absolute Gasteiger partial charge is 0.323 e. The van der Waals surface area contributed by atoms with Gasteiger partial charge in [-0.15, -0.1) is 0 Å². The first-order valence-corrected chi connectivity index (χ1v) is 6.72. The summed E-state index contributed by atoms with van der Waals surface area (Å²) in [4.78, 5) is 11.9. The van der Waals surface area contributed by atoms with Crippen LogP contribution >= 0.6 is 15.9 Å². The molecule has 100 valence electrons. The van der Waals surface area contributed by atoms with Crippen molar-refractivity contribution in [1.29, 1.82) is 5.26 Å². The van der Waals surface area contributed by atoms with Crippen LogP contribution in [0.1, 0.15) is 11.1 Å². The lowest BCUT2D eigenvalue weighted by Crippen LogP contribution is -2.19. The molecule has 0 saturated carbocycles. The number of carbonyl (C=O) groups is 1. The van der Waals surface area contributed by atoms with Crippen molar-refractivity contribution < 1.29 is 4.79 Å². The standard InChI is InChI=1S/C15H12BrN3O/c1-10-5-6-13(8-14(10)16)19-15(20)18-12-4-2-3-11(7-12)9-17/h2-8H,1H3,(H2,18,19,20). The first kappa shape index (κ1) is 14.1. The van der Waals surface area contributed by atoms with Crippen LogP contribution in [0.15, 0.2) is 46.9 Å². The van der Waals surface area contributed by atoms with Gasteiger partial charge in [-0.05, 0) is 42.8 Å². The number of hydrogen-bond acceptors (Lipinski definition) is 2. The van der Waals surface area contributed by atoms with Crippen LogP contribution in [0.5, 0.6) is 0 Å². The van der Waals surface area contributed by atoms with Crippen molar-refractivity contribution in [2.45, 2.75) is 6.92 Å². The number of hydrogen-bond donors (Lipinski definition) is 2. The monoisotopic (exact) mass is 329 g/mol. The highest BCUT2D eigenvalue weighted by Gasteiger charge is 2.04. The average molecular weight is 330 g/mol. The highest BCUT2D eigenvalue weighted by Crippen LogP contribution is 2.20. The SMILES string of the molecule is Cc1ccc(NC(=O)Nc2cccc(C#N)c2)cc1Br. The summed E-state index contributed by atoms with van der Waals surface area (Å²) < 4.78 is 0.932. The van der Waals surface area contributed by atoms with Gasteiger partial charge in [0.25, 0.3) is 0 Å². The van der Waals surface area contributed by atoms with Crippen molar-refractivity contribution in [3.63, 3.8) is 0 Å². The molecular formula is C15H12BrN3O. The van der Waals surface area contributed by atoms with Gasteiger partial charge >= 0.3 is 6.03 Å². The van der Waals surface area contributed by atoms with E-state index in [2.05, 4.69) is 26.6 Å². The number of amides is 2. The first-order valence-electron chi connectivity index (χ1n) is 5.93. The van der Waals surface area contributed by atoms with E-state index in [-0.39, 0.29) is 6.03 Å². The molecule has 0 radical (unpaired) electrons. The van der Waals surface area contributed by atoms with Crippen LogP contribution in [0.4, 0.5) is 16.2 Å². The van der Waals surface area contributed by atoms with Crippen LogP contribution in [-0.2, 0) is 0 Å². The van der Waals surface area contributed by atoms with E-state index in [4.69, 9.17) is 5.26 Å². The van der Waals surface area contributed by atoms with E-state index >= 15 is 0 Å². The third kappa shape index (κ3) is 3.59. The lowest BCUT2D eigenvalue weighted by molar-refractivity contribution is 0.262. The van der Waals surface area contributed by atoms with Gasteiger partial charge in [-0.2, -0.15) is 5.26 Å². The predicted octanol–water partition coefficient (Wildman–Crippen LogP) is 4.27. The predicted molar refractivity (Wildman–Crippen MR) is 82.7 cm³/mol. The molecule has 0 fully saturated rings. The second-order valence-corrected chi connectivity index (χ2v) is 5.09. The van der Waals surface area contributed by atoms with Gasteiger partial charge in [0.15, 0.2) is 0 Å². The molecule has 0 aliphatic heterocycles. The summed E-state index contributed by atoms with van der Waals surface area (Å²) >= 11 is 3.41. The molecular weight excluding hydrogens is 318 g/mol. The van der Waals surface area contributed by atoms with Crippen LogP contribution in [-0.4, -0.2) is 6.03 Å². The Labute approximate surface area is 125 Å². The van der Waals surface area contributed by atoms with Gasteiger partial charge in [-0.25, -0.2) is 4.79 Å². The van der Waals surface area contributed by atoms with Crippen molar-refractivity contribution >= 4 is 33.3 Å². The van der Waals surface area contributed by atoms with E-state index in [1.54, 1.807) is 24.3 Å². The molecule has 0 heterocycles. The summed E-state index contributed by atoms with van der Waals surface area (Å²) in [5.74, 6) is 0. The Balaban J connectivity index is 2.05. The summed E-state index contributed by atoms with van der Waals surface area (Å²) in [7, 11) is 0. The number of benzene rings is 2. The molecule has 5 heteroatoms. The van der Waals surface area contributed by atoms with Crippen LogP contribution in [0.3, 0.4) is 0 Å². The second-order valence-electron chi connectivity index (χ2n) is 4.24. The van der Waals surface area contributed by atoms with E-state index in [0.717, 1.165) is 10.0 Å². The number of halogens is 1. The molecule has 2 aromatic rings. The number of nitrogens with one attached hydrogen (secondary N) is 2. The normalized spacial score (nSPS) is 9.65. The summed E-state index contributed by atoms with van der Waals surface area (Å²) in [5, 5.41) is 14.2. The highest BCUT2D eigenvalue weighted by atomic mass is 79.9. The maximum Gasteiger partial charge on any atom is 0.323 e. The number of urea groups is 1. The fraction of sp³-hybridized carbons (Fsp3) is 0.0667. The molecule has 0 bridgehead atoms. The summed E-state index contributed by atoms with van der Waals surface area (Å²) in [6, 6.07) is 14.0. The van der Waals surface area contributed by atoms with E-state index in [9.17, 15) is 4.79 Å². The lowest BCUT2D eigenvalue weighted by Gasteiger charge is -2.09. The van der Waals surface area contributed by atoms with Crippen molar-refractivity contribution in [1.82, 2.24) is 0 Å². The molecule has 0 aliphatic carbocycles. The Kier molecular flexibility index (Phi) is 4.38. The van der Waals surface area contributed by atoms with Crippen molar-refractivity contribution in [2.24, 2.45) is 0 Å². The summed E-state index contributed by atoms with van der Waals surface area (Å²) in [5.41, 5.74) is 2.86. The molecule has 2 N–H and O–H groups in total. The summed E-state index contributed by atoms with van der Waals surface area (Å²) in [6.07, 6.45) is 0. The molecule has 0 unspecified atom stereocenters. The molecule has 0 atom stereocenters. The van der Waals surface area contributed by atoms with E-state index in [0.29, 0.717) is 16.9 Å². The van der Waals surface area contributed by atoms with Gasteiger partial charge < -0.3 is 10.6 Å². The molecule has 2 amide bonds. The number of aryl methyl sites for hydroxylation is 1. The Bertz CT molecular complexity index is 692. The zero-order valence-corrected chi connectivity index (χ0v) is 12.4. The van der Waals surface area contributed by atoms with Crippen molar-refractivity contribution in [2.75, 3.05) is 10.6 Å². The minimum Gasteiger partial charge on any atom is -0.308 e. The first-order chi connectivity index (χ1) is 9.58. The van der Waals surface area contributed by atoms with E-state index in [1.807, 2.05) is 31.2 Å². The zero-order valence-electron chi connectivity index (χ0n) is 10.8. The topological polar surface area (TPSA) is 64.9 Å². The van der Waals surface area contributed by atoms with Gasteiger partial charge in [-0.1, -0.05) is 28.1 Å². The van der Waals surface area contributed by atoms with E-state index < -0.39 is 0 Å². The molecule has 4 nitrogen and oxygen atoms in total. The van der Waals surface area contributed by atoms with Gasteiger partial charge in [0.1, 0.15) is 0 Å². The number of carbonyl (C=O) groups excluding carboxylic acids is 1. The maximum absolute atomic E-state index is 11.9. The zero-order chi connectivity index (χ0) is 14.5. The van der Waals surface area contributed by atoms with Crippen molar-refractivity contribution in [3.8, 4) is 6.07 Å². The molecule has 20 heavy (non-hydrogen) atoms. The van der Waals surface area contributed by atoms with Gasteiger partial charge in [0.05, 0.1) is 11.6 Å². The molecule has 2 rings (SSSR count). The Morgan fingerprint density at radius 3 is 2.50 bits per heavy atom. The minimum atomic E-state index is -0.351. The van der Waals surface area contributed by atoms with Gasteiger partial charge in [-0.3, -0.25) is 0 Å². The minimum absolute atomic E-state index is 0.351. The van der Waals surface area contributed by atoms with Crippen molar-refractivity contribution in [3.05, 3.63) is 58.1 Å². The fourth-order valence-corrected chi connectivity index (χ4v) is 2.01. The van der Waals surface area contributed by atoms with Gasteiger partial charge in [0, 0.05) is 15.8 Å². The fourth-order valence-electron chi connectivity index (χ4n) is 1.63. The number of anilines is 2. The molecule has 0 saturated heterocycles. The molecule has 0 aromatic heterocycles. The molecule has 2 aromatic carbocycles.